The highest BCUT2D eigenvalue weighted by molar-refractivity contribution is 5.80. The van der Waals surface area contributed by atoms with Gasteiger partial charge >= 0.3 is 0 Å². The van der Waals surface area contributed by atoms with Crippen molar-refractivity contribution in [2.24, 2.45) is 10.9 Å². The fourth-order valence-corrected chi connectivity index (χ4v) is 4.58. The van der Waals surface area contributed by atoms with Gasteiger partial charge in [-0.15, -0.1) is 0 Å². The number of rotatable bonds is 5. The summed E-state index contributed by atoms with van der Waals surface area (Å²) in [6.45, 7) is 11.1. The second-order valence-corrected chi connectivity index (χ2v) is 8.82. The number of halogens is 1. The molecule has 1 aromatic heterocycles. The molecule has 32 heavy (non-hydrogen) atoms. The van der Waals surface area contributed by atoms with E-state index < -0.39 is 0 Å². The van der Waals surface area contributed by atoms with Crippen LogP contribution >= 0.6 is 0 Å². The van der Waals surface area contributed by atoms with Crippen LogP contribution in [0.25, 0.3) is 0 Å². The summed E-state index contributed by atoms with van der Waals surface area (Å²) >= 11 is 0. The van der Waals surface area contributed by atoms with Gasteiger partial charge in [-0.1, -0.05) is 12.1 Å². The minimum Gasteiger partial charge on any atom is -0.444 e. The lowest BCUT2D eigenvalue weighted by molar-refractivity contribution is 0.163. The summed E-state index contributed by atoms with van der Waals surface area (Å²) in [6, 6.07) is 7.01. The first-order valence-corrected chi connectivity index (χ1v) is 11.6. The van der Waals surface area contributed by atoms with Gasteiger partial charge in [0.05, 0.1) is 17.9 Å². The molecule has 7 nitrogen and oxygen atoms in total. The first kappa shape index (κ1) is 22.6. The molecule has 1 aromatic carbocycles. The van der Waals surface area contributed by atoms with E-state index in [1.807, 2.05) is 33.0 Å². The summed E-state index contributed by atoms with van der Waals surface area (Å²) in [5.74, 6) is 3.18. The van der Waals surface area contributed by atoms with E-state index in [2.05, 4.69) is 30.0 Å². The minimum absolute atomic E-state index is 0.150. The molecule has 3 heterocycles. The van der Waals surface area contributed by atoms with Gasteiger partial charge < -0.3 is 19.5 Å². The Balaban J connectivity index is 1.20. The van der Waals surface area contributed by atoms with E-state index >= 15 is 0 Å². The Morgan fingerprint density at radius 3 is 2.47 bits per heavy atom. The number of likely N-dealkylation sites (tertiary alicyclic amines) is 1. The molecule has 2 fully saturated rings. The number of hydrogen-bond donors (Lipinski definition) is 1. The predicted molar refractivity (Wildman–Crippen MR) is 126 cm³/mol. The highest BCUT2D eigenvalue weighted by atomic mass is 19.1. The van der Waals surface area contributed by atoms with Gasteiger partial charge in [-0.3, -0.25) is 9.89 Å². The maximum atomic E-state index is 14.1. The van der Waals surface area contributed by atoms with Crippen molar-refractivity contribution in [2.75, 3.05) is 57.8 Å². The van der Waals surface area contributed by atoms with Crippen LogP contribution in [-0.4, -0.2) is 73.6 Å². The molecule has 0 amide bonds. The standard InChI is InChI=1S/C24H35FN6O/c1-18-19(2)32-23(28-18)17-29-10-8-20(9-11-29)16-27-24(26-3)31-14-12-30(13-15-31)22-7-5-4-6-21(22)25/h4-7,20H,8-17H2,1-3H3,(H,26,27). The van der Waals surface area contributed by atoms with E-state index in [1.54, 1.807) is 6.07 Å². The Labute approximate surface area is 190 Å². The molecule has 8 heteroatoms. The van der Waals surface area contributed by atoms with E-state index in [0.29, 0.717) is 11.6 Å². The van der Waals surface area contributed by atoms with E-state index in [-0.39, 0.29) is 5.82 Å². The molecule has 2 aliphatic heterocycles. The molecule has 2 saturated heterocycles. The van der Waals surface area contributed by atoms with Crippen LogP contribution in [0.15, 0.2) is 33.7 Å². The number of guanidine groups is 1. The van der Waals surface area contributed by atoms with Crippen molar-refractivity contribution in [3.63, 3.8) is 0 Å². The average Bonchev–Trinajstić information content (AvgIpc) is 3.12. The zero-order chi connectivity index (χ0) is 22.5. The summed E-state index contributed by atoms with van der Waals surface area (Å²) in [6.07, 6.45) is 2.31. The minimum atomic E-state index is -0.150. The molecular formula is C24H35FN6O. The average molecular weight is 443 g/mol. The van der Waals surface area contributed by atoms with Gasteiger partial charge in [0.2, 0.25) is 5.89 Å². The number of nitrogens with one attached hydrogen (secondary N) is 1. The van der Waals surface area contributed by atoms with Crippen LogP contribution in [0.2, 0.25) is 0 Å². The second-order valence-electron chi connectivity index (χ2n) is 8.82. The molecule has 0 bridgehead atoms. The van der Waals surface area contributed by atoms with Gasteiger partial charge in [0.25, 0.3) is 0 Å². The number of piperazine rings is 1. The van der Waals surface area contributed by atoms with Crippen molar-refractivity contribution < 1.29 is 8.81 Å². The van der Waals surface area contributed by atoms with Gasteiger partial charge in [-0.2, -0.15) is 0 Å². The van der Waals surface area contributed by atoms with Crippen molar-refractivity contribution in [3.8, 4) is 0 Å². The van der Waals surface area contributed by atoms with Crippen LogP contribution in [0.1, 0.15) is 30.2 Å². The largest absolute Gasteiger partial charge is 0.444 e. The Bertz CT molecular complexity index is 893. The molecule has 0 radical (unpaired) electrons. The van der Waals surface area contributed by atoms with Gasteiger partial charge in [0, 0.05) is 39.8 Å². The molecule has 1 N–H and O–H groups in total. The normalized spacial score (nSPS) is 18.9. The lowest BCUT2D eigenvalue weighted by Crippen LogP contribution is -2.53. The lowest BCUT2D eigenvalue weighted by Gasteiger charge is -2.38. The molecule has 2 aromatic rings. The van der Waals surface area contributed by atoms with Gasteiger partial charge in [0.15, 0.2) is 5.96 Å². The zero-order valence-corrected chi connectivity index (χ0v) is 19.5. The van der Waals surface area contributed by atoms with E-state index in [9.17, 15) is 4.39 Å². The Hall–Kier alpha value is -2.61. The van der Waals surface area contributed by atoms with E-state index in [4.69, 9.17) is 4.42 Å². The smallest absolute Gasteiger partial charge is 0.208 e. The van der Waals surface area contributed by atoms with E-state index in [1.165, 1.54) is 6.07 Å². The third-order valence-corrected chi connectivity index (χ3v) is 6.67. The van der Waals surface area contributed by atoms with Crippen molar-refractivity contribution >= 4 is 11.6 Å². The Kier molecular flexibility index (Phi) is 7.29. The van der Waals surface area contributed by atoms with Gasteiger partial charge in [-0.05, 0) is 57.8 Å². The SMILES string of the molecule is CN=C(NCC1CCN(Cc2nc(C)c(C)o2)CC1)N1CCN(c2ccccc2F)CC1. The third kappa shape index (κ3) is 5.41. The number of para-hydroxylation sites is 1. The molecule has 0 saturated carbocycles. The van der Waals surface area contributed by atoms with Crippen LogP contribution in [0.4, 0.5) is 10.1 Å². The second kappa shape index (κ2) is 10.3. The molecule has 0 unspecified atom stereocenters. The van der Waals surface area contributed by atoms with E-state index in [0.717, 1.165) is 88.5 Å². The monoisotopic (exact) mass is 442 g/mol. The number of hydrogen-bond acceptors (Lipinski definition) is 5. The van der Waals surface area contributed by atoms with Crippen LogP contribution in [0, 0.1) is 25.6 Å². The number of oxazole rings is 1. The number of anilines is 1. The lowest BCUT2D eigenvalue weighted by atomic mass is 9.97. The number of benzene rings is 1. The van der Waals surface area contributed by atoms with Crippen LogP contribution in [0.3, 0.4) is 0 Å². The predicted octanol–water partition coefficient (Wildman–Crippen LogP) is 3.04. The number of aryl methyl sites for hydroxylation is 2. The summed E-state index contributed by atoms with van der Waals surface area (Å²) < 4.78 is 19.8. The third-order valence-electron chi connectivity index (χ3n) is 6.67. The van der Waals surface area contributed by atoms with Crippen molar-refractivity contribution in [2.45, 2.75) is 33.2 Å². The van der Waals surface area contributed by atoms with Crippen molar-refractivity contribution in [1.29, 1.82) is 0 Å². The quantitative estimate of drug-likeness (QED) is 0.567. The highest BCUT2D eigenvalue weighted by Gasteiger charge is 2.24. The molecule has 2 aliphatic rings. The number of aliphatic imine (C=N–C) groups is 1. The topological polar surface area (TPSA) is 60.1 Å². The first-order chi connectivity index (χ1) is 15.5. The van der Waals surface area contributed by atoms with Crippen LogP contribution in [0.5, 0.6) is 0 Å². The summed E-state index contributed by atoms with van der Waals surface area (Å²) in [5.41, 5.74) is 1.68. The fraction of sp³-hybridized carbons (Fsp3) is 0.583. The highest BCUT2D eigenvalue weighted by Crippen LogP contribution is 2.21. The summed E-state index contributed by atoms with van der Waals surface area (Å²) in [7, 11) is 1.84. The maximum Gasteiger partial charge on any atom is 0.208 e. The summed E-state index contributed by atoms with van der Waals surface area (Å²) in [5, 5.41) is 3.58. The molecule has 174 valence electrons. The van der Waals surface area contributed by atoms with Crippen LogP contribution in [-0.2, 0) is 6.54 Å². The number of aromatic nitrogens is 1. The molecule has 0 spiro atoms. The maximum absolute atomic E-state index is 14.1. The van der Waals surface area contributed by atoms with Gasteiger partial charge in [0.1, 0.15) is 11.6 Å². The van der Waals surface area contributed by atoms with Crippen molar-refractivity contribution in [1.82, 2.24) is 20.1 Å². The first-order valence-electron chi connectivity index (χ1n) is 11.6. The Morgan fingerprint density at radius 2 is 1.84 bits per heavy atom. The molecule has 0 atom stereocenters. The number of piperidine rings is 1. The van der Waals surface area contributed by atoms with Gasteiger partial charge in [-0.25, -0.2) is 9.37 Å². The molecule has 4 rings (SSSR count). The summed E-state index contributed by atoms with van der Waals surface area (Å²) in [4.78, 5) is 15.8. The molecular weight excluding hydrogens is 407 g/mol. The Morgan fingerprint density at radius 1 is 1.12 bits per heavy atom. The molecule has 0 aliphatic carbocycles. The van der Waals surface area contributed by atoms with Crippen molar-refractivity contribution in [3.05, 3.63) is 47.4 Å². The zero-order valence-electron chi connectivity index (χ0n) is 19.5. The fourth-order valence-electron chi connectivity index (χ4n) is 4.58. The number of nitrogens with zero attached hydrogens (tertiary/aromatic N) is 5. The van der Waals surface area contributed by atoms with Crippen LogP contribution < -0.4 is 10.2 Å².